The van der Waals surface area contributed by atoms with Crippen LogP contribution in [0, 0.1) is 11.6 Å². The third-order valence-electron chi connectivity index (χ3n) is 2.62. The van der Waals surface area contributed by atoms with Crippen LogP contribution in [0.1, 0.15) is 5.56 Å². The minimum atomic E-state index is -0.469. The van der Waals surface area contributed by atoms with E-state index in [0.717, 1.165) is 12.3 Å². The fourth-order valence-corrected chi connectivity index (χ4v) is 4.36. The Kier molecular flexibility index (Phi) is 5.13. The highest BCUT2D eigenvalue weighted by molar-refractivity contribution is 8.06. The maximum atomic E-state index is 13.3. The summed E-state index contributed by atoms with van der Waals surface area (Å²) in [6.07, 6.45) is 0. The molecule has 1 aromatic rings. The van der Waals surface area contributed by atoms with E-state index in [2.05, 4.69) is 5.32 Å². The molecule has 94 valence electrons. The summed E-state index contributed by atoms with van der Waals surface area (Å²) in [7, 11) is 0. The topological polar surface area (TPSA) is 12.0 Å². The Hall–Kier alpha value is -0.260. The molecule has 0 amide bonds. The first-order valence-electron chi connectivity index (χ1n) is 5.60. The molecule has 1 saturated heterocycles. The zero-order chi connectivity index (χ0) is 12.1. The molecule has 0 saturated carbocycles. The van der Waals surface area contributed by atoms with E-state index in [1.807, 2.05) is 23.5 Å². The van der Waals surface area contributed by atoms with Gasteiger partial charge in [-0.15, -0.1) is 0 Å². The molecule has 1 atom stereocenters. The van der Waals surface area contributed by atoms with Crippen molar-refractivity contribution in [1.82, 2.24) is 5.32 Å². The average Bonchev–Trinajstić information content (AvgIpc) is 2.34. The van der Waals surface area contributed by atoms with Crippen molar-refractivity contribution >= 4 is 23.5 Å². The van der Waals surface area contributed by atoms with Gasteiger partial charge in [0, 0.05) is 41.2 Å². The van der Waals surface area contributed by atoms with Crippen molar-refractivity contribution < 1.29 is 8.78 Å². The Morgan fingerprint density at radius 1 is 1.24 bits per heavy atom. The Morgan fingerprint density at radius 3 is 2.65 bits per heavy atom. The van der Waals surface area contributed by atoms with Gasteiger partial charge in [0.25, 0.3) is 0 Å². The van der Waals surface area contributed by atoms with Gasteiger partial charge >= 0.3 is 0 Å². The van der Waals surface area contributed by atoms with Crippen LogP contribution in [0.25, 0.3) is 0 Å². The standard InChI is InChI=1S/C12H15F2NS2/c13-11-2-1-3-12(14)10(11)7-15-6-9-8-16-4-5-17-9/h1-3,9,15H,4-8H2. The van der Waals surface area contributed by atoms with Gasteiger partial charge in [-0.2, -0.15) is 23.5 Å². The van der Waals surface area contributed by atoms with Crippen molar-refractivity contribution in [2.45, 2.75) is 11.8 Å². The molecule has 0 bridgehead atoms. The normalized spacial score (nSPS) is 20.5. The molecule has 0 aliphatic carbocycles. The second-order valence-electron chi connectivity index (χ2n) is 3.90. The van der Waals surface area contributed by atoms with Gasteiger partial charge in [0.05, 0.1) is 0 Å². The van der Waals surface area contributed by atoms with E-state index in [1.165, 1.54) is 29.7 Å². The summed E-state index contributed by atoms with van der Waals surface area (Å²) in [6, 6.07) is 3.98. The molecule has 1 aliphatic rings. The van der Waals surface area contributed by atoms with E-state index in [9.17, 15) is 8.78 Å². The van der Waals surface area contributed by atoms with Gasteiger partial charge in [0.1, 0.15) is 11.6 Å². The summed E-state index contributed by atoms with van der Waals surface area (Å²) in [6.45, 7) is 1.08. The molecule has 1 aliphatic heterocycles. The molecule has 1 N–H and O–H groups in total. The molecule has 17 heavy (non-hydrogen) atoms. The molecule has 0 spiro atoms. The molecule has 1 fully saturated rings. The molecule has 2 rings (SSSR count). The van der Waals surface area contributed by atoms with Gasteiger partial charge in [0.2, 0.25) is 0 Å². The van der Waals surface area contributed by atoms with Crippen LogP contribution in [0.15, 0.2) is 18.2 Å². The highest BCUT2D eigenvalue weighted by Gasteiger charge is 2.14. The second kappa shape index (κ2) is 6.61. The van der Waals surface area contributed by atoms with Crippen molar-refractivity contribution in [2.24, 2.45) is 0 Å². The predicted molar refractivity (Wildman–Crippen MR) is 71.6 cm³/mol. The monoisotopic (exact) mass is 275 g/mol. The van der Waals surface area contributed by atoms with Crippen LogP contribution >= 0.6 is 23.5 Å². The number of rotatable bonds is 4. The highest BCUT2D eigenvalue weighted by atomic mass is 32.2. The molecule has 0 aromatic heterocycles. The van der Waals surface area contributed by atoms with Gasteiger partial charge in [0.15, 0.2) is 0 Å². The lowest BCUT2D eigenvalue weighted by Crippen LogP contribution is -2.29. The van der Waals surface area contributed by atoms with Crippen LogP contribution in [-0.4, -0.2) is 29.1 Å². The highest BCUT2D eigenvalue weighted by Crippen LogP contribution is 2.23. The van der Waals surface area contributed by atoms with Crippen molar-refractivity contribution in [3.63, 3.8) is 0 Å². The molecule has 1 heterocycles. The average molecular weight is 275 g/mol. The number of nitrogens with one attached hydrogen (secondary N) is 1. The zero-order valence-corrected chi connectivity index (χ0v) is 11.1. The largest absolute Gasteiger partial charge is 0.311 e. The zero-order valence-electron chi connectivity index (χ0n) is 9.42. The summed E-state index contributed by atoms with van der Waals surface area (Å²) in [5.74, 6) is 2.57. The maximum absolute atomic E-state index is 13.3. The first kappa shape index (κ1) is 13.2. The van der Waals surface area contributed by atoms with Crippen molar-refractivity contribution in [3.8, 4) is 0 Å². The lowest BCUT2D eigenvalue weighted by Gasteiger charge is -2.21. The van der Waals surface area contributed by atoms with E-state index < -0.39 is 11.6 Å². The van der Waals surface area contributed by atoms with E-state index >= 15 is 0 Å². The van der Waals surface area contributed by atoms with Crippen LogP contribution in [0.2, 0.25) is 0 Å². The Balaban J connectivity index is 1.81. The van der Waals surface area contributed by atoms with Crippen molar-refractivity contribution in [2.75, 3.05) is 23.8 Å². The van der Waals surface area contributed by atoms with E-state index in [0.29, 0.717) is 5.25 Å². The summed E-state index contributed by atoms with van der Waals surface area (Å²) < 4.78 is 26.7. The SMILES string of the molecule is Fc1cccc(F)c1CNCC1CSCCS1. The Morgan fingerprint density at radius 2 is 2.00 bits per heavy atom. The lowest BCUT2D eigenvalue weighted by atomic mass is 10.2. The Labute approximate surface area is 109 Å². The van der Waals surface area contributed by atoms with Crippen molar-refractivity contribution in [1.29, 1.82) is 0 Å². The molecular weight excluding hydrogens is 260 g/mol. The quantitative estimate of drug-likeness (QED) is 0.907. The first-order chi connectivity index (χ1) is 8.27. The Bertz CT molecular complexity index is 347. The minimum absolute atomic E-state index is 0.140. The van der Waals surface area contributed by atoms with Crippen LogP contribution in [0.5, 0.6) is 0 Å². The fourth-order valence-electron chi connectivity index (χ4n) is 1.71. The molecule has 1 unspecified atom stereocenters. The summed E-state index contributed by atoms with van der Waals surface area (Å²) >= 11 is 3.88. The maximum Gasteiger partial charge on any atom is 0.130 e. The summed E-state index contributed by atoms with van der Waals surface area (Å²) in [5, 5.41) is 3.70. The molecule has 5 heteroatoms. The smallest absolute Gasteiger partial charge is 0.130 e. The van der Waals surface area contributed by atoms with E-state index in [4.69, 9.17) is 0 Å². The van der Waals surface area contributed by atoms with Crippen LogP contribution in [0.3, 0.4) is 0 Å². The summed E-state index contributed by atoms with van der Waals surface area (Å²) in [4.78, 5) is 0. The molecule has 0 radical (unpaired) electrons. The van der Waals surface area contributed by atoms with Crippen LogP contribution < -0.4 is 5.32 Å². The van der Waals surface area contributed by atoms with Gasteiger partial charge in [-0.1, -0.05) is 6.07 Å². The lowest BCUT2D eigenvalue weighted by molar-refractivity contribution is 0.536. The van der Waals surface area contributed by atoms with E-state index in [1.54, 1.807) is 0 Å². The van der Waals surface area contributed by atoms with Gasteiger partial charge in [-0.05, 0) is 12.1 Å². The number of hydrogen-bond acceptors (Lipinski definition) is 3. The molecular formula is C12H15F2NS2. The number of benzene rings is 1. The fraction of sp³-hybridized carbons (Fsp3) is 0.500. The summed E-state index contributed by atoms with van der Waals surface area (Å²) in [5.41, 5.74) is 0.140. The van der Waals surface area contributed by atoms with E-state index in [-0.39, 0.29) is 12.1 Å². The number of hydrogen-bond donors (Lipinski definition) is 1. The van der Waals surface area contributed by atoms with Gasteiger partial charge in [-0.3, -0.25) is 0 Å². The third-order valence-corrected chi connectivity index (χ3v) is 5.47. The van der Waals surface area contributed by atoms with Gasteiger partial charge in [-0.25, -0.2) is 8.78 Å². The van der Waals surface area contributed by atoms with Crippen LogP contribution in [-0.2, 0) is 6.54 Å². The van der Waals surface area contributed by atoms with Gasteiger partial charge < -0.3 is 5.32 Å². The minimum Gasteiger partial charge on any atom is -0.311 e. The second-order valence-corrected chi connectivity index (χ2v) is 6.46. The number of thioether (sulfide) groups is 2. The molecule has 1 nitrogen and oxygen atoms in total. The van der Waals surface area contributed by atoms with Crippen molar-refractivity contribution in [3.05, 3.63) is 35.4 Å². The molecule has 1 aromatic carbocycles. The third kappa shape index (κ3) is 3.86. The predicted octanol–water partition coefficient (Wildman–Crippen LogP) is 2.90. The first-order valence-corrected chi connectivity index (χ1v) is 7.80. The number of halogens is 2. The van der Waals surface area contributed by atoms with Crippen LogP contribution in [0.4, 0.5) is 8.78 Å².